The first-order valence-electron chi connectivity index (χ1n) is 7.18. The number of Topliss-reactive ketones (excluding diaryl/α,β-unsaturated/α-hetero) is 1. The lowest BCUT2D eigenvalue weighted by atomic mass is 9.69. The van der Waals surface area contributed by atoms with Crippen molar-refractivity contribution in [2.24, 2.45) is 0 Å². The predicted molar refractivity (Wildman–Crippen MR) is 87.0 cm³/mol. The van der Waals surface area contributed by atoms with Crippen molar-refractivity contribution in [1.29, 1.82) is 0 Å². The van der Waals surface area contributed by atoms with Crippen molar-refractivity contribution in [3.63, 3.8) is 0 Å². The second-order valence-electron chi connectivity index (χ2n) is 6.09. The molecule has 0 amide bonds. The van der Waals surface area contributed by atoms with E-state index in [1.54, 1.807) is 0 Å². The topological polar surface area (TPSA) is 43.1 Å². The van der Waals surface area contributed by atoms with Crippen molar-refractivity contribution in [3.05, 3.63) is 70.8 Å². The lowest BCUT2D eigenvalue weighted by Gasteiger charge is -2.32. The summed E-state index contributed by atoms with van der Waals surface area (Å²) in [6.45, 7) is 3.99. The molecule has 0 atom stereocenters. The van der Waals surface area contributed by atoms with Gasteiger partial charge in [-0.25, -0.2) is 0 Å². The smallest absolute Gasteiger partial charge is 0.169 e. The fourth-order valence-electron chi connectivity index (χ4n) is 3.04. The van der Waals surface area contributed by atoms with E-state index in [0.29, 0.717) is 12.1 Å². The van der Waals surface area contributed by atoms with Gasteiger partial charge in [0, 0.05) is 17.7 Å². The van der Waals surface area contributed by atoms with E-state index in [9.17, 15) is 4.79 Å². The fourth-order valence-corrected chi connectivity index (χ4v) is 3.04. The fraction of sp³-hybridized carbons (Fsp3) is 0.211. The lowest BCUT2D eigenvalue weighted by Crippen LogP contribution is -2.36. The Labute approximate surface area is 125 Å². The van der Waals surface area contributed by atoms with E-state index < -0.39 is 5.41 Å². The number of anilines is 1. The highest BCUT2D eigenvalue weighted by Gasteiger charge is 2.37. The van der Waals surface area contributed by atoms with Crippen LogP contribution >= 0.6 is 0 Å². The SMILES string of the molecule is CC1(C)C(=O)C(=Cc2ccccc2N)Cc2ccccc21. The molecule has 0 saturated heterocycles. The second-order valence-corrected chi connectivity index (χ2v) is 6.09. The average Bonchev–Trinajstić information content (AvgIpc) is 2.47. The number of ketones is 1. The average molecular weight is 277 g/mol. The summed E-state index contributed by atoms with van der Waals surface area (Å²) in [7, 11) is 0. The first-order valence-corrected chi connectivity index (χ1v) is 7.18. The summed E-state index contributed by atoms with van der Waals surface area (Å²) in [5.41, 5.74) is 10.3. The van der Waals surface area contributed by atoms with E-state index in [0.717, 1.165) is 16.7 Å². The Morgan fingerprint density at radius 2 is 1.71 bits per heavy atom. The third kappa shape index (κ3) is 2.27. The summed E-state index contributed by atoms with van der Waals surface area (Å²) in [4.78, 5) is 12.8. The molecule has 3 rings (SSSR count). The summed E-state index contributed by atoms with van der Waals surface area (Å²) < 4.78 is 0. The number of allylic oxidation sites excluding steroid dienone is 1. The van der Waals surface area contributed by atoms with Gasteiger partial charge in [0.15, 0.2) is 5.78 Å². The number of para-hydroxylation sites is 1. The number of carbonyl (C=O) groups excluding carboxylic acids is 1. The first kappa shape index (κ1) is 13.6. The van der Waals surface area contributed by atoms with Gasteiger partial charge in [0.25, 0.3) is 0 Å². The molecule has 2 nitrogen and oxygen atoms in total. The number of rotatable bonds is 1. The number of nitrogen functional groups attached to an aromatic ring is 1. The van der Waals surface area contributed by atoms with E-state index in [1.807, 2.05) is 56.3 Å². The highest BCUT2D eigenvalue weighted by atomic mass is 16.1. The molecule has 0 unspecified atom stereocenters. The van der Waals surface area contributed by atoms with E-state index in [-0.39, 0.29) is 5.78 Å². The van der Waals surface area contributed by atoms with Crippen LogP contribution in [0, 0.1) is 0 Å². The standard InChI is InChI=1S/C19H19NO/c1-19(2)16-9-5-3-7-13(16)11-15(18(19)21)12-14-8-4-6-10-17(14)20/h3-10,12H,11,20H2,1-2H3. The van der Waals surface area contributed by atoms with Crippen LogP contribution in [0.1, 0.15) is 30.5 Å². The maximum Gasteiger partial charge on any atom is 0.169 e. The third-order valence-electron chi connectivity index (χ3n) is 4.26. The van der Waals surface area contributed by atoms with Gasteiger partial charge in [-0.15, -0.1) is 0 Å². The molecule has 2 aromatic rings. The quantitative estimate of drug-likeness (QED) is 0.637. The summed E-state index contributed by atoms with van der Waals surface area (Å²) in [6.07, 6.45) is 2.61. The van der Waals surface area contributed by atoms with Gasteiger partial charge in [-0.1, -0.05) is 42.5 Å². The predicted octanol–water partition coefficient (Wildman–Crippen LogP) is 3.76. The zero-order valence-corrected chi connectivity index (χ0v) is 12.4. The Balaban J connectivity index is 2.11. The van der Waals surface area contributed by atoms with E-state index in [2.05, 4.69) is 12.1 Å². The number of hydrogen-bond acceptors (Lipinski definition) is 2. The first-order chi connectivity index (χ1) is 10.00. The molecule has 106 valence electrons. The van der Waals surface area contributed by atoms with Crippen molar-refractivity contribution in [2.45, 2.75) is 25.7 Å². The van der Waals surface area contributed by atoms with Gasteiger partial charge in [0.2, 0.25) is 0 Å². The summed E-state index contributed by atoms with van der Waals surface area (Å²) in [6, 6.07) is 15.8. The van der Waals surface area contributed by atoms with Crippen LogP contribution in [0.3, 0.4) is 0 Å². The van der Waals surface area contributed by atoms with Crippen molar-refractivity contribution in [1.82, 2.24) is 0 Å². The van der Waals surface area contributed by atoms with Gasteiger partial charge in [-0.05, 0) is 42.7 Å². The minimum Gasteiger partial charge on any atom is -0.398 e. The number of nitrogens with two attached hydrogens (primary N) is 1. The van der Waals surface area contributed by atoms with Gasteiger partial charge >= 0.3 is 0 Å². The zero-order chi connectivity index (χ0) is 15.0. The second kappa shape index (κ2) is 4.88. The van der Waals surface area contributed by atoms with Crippen LogP contribution in [0.5, 0.6) is 0 Å². The molecule has 0 heterocycles. The minimum absolute atomic E-state index is 0.185. The molecule has 2 aromatic carbocycles. The van der Waals surface area contributed by atoms with Gasteiger partial charge in [-0.2, -0.15) is 0 Å². The normalized spacial score (nSPS) is 18.6. The van der Waals surface area contributed by atoms with Crippen LogP contribution in [-0.2, 0) is 16.6 Å². The largest absolute Gasteiger partial charge is 0.398 e. The maximum atomic E-state index is 12.8. The van der Waals surface area contributed by atoms with E-state index >= 15 is 0 Å². The maximum absolute atomic E-state index is 12.8. The highest BCUT2D eigenvalue weighted by Crippen LogP contribution is 2.37. The molecule has 1 aliphatic carbocycles. The van der Waals surface area contributed by atoms with Crippen molar-refractivity contribution < 1.29 is 4.79 Å². The molecule has 0 radical (unpaired) electrons. The molecule has 2 N–H and O–H groups in total. The summed E-state index contributed by atoms with van der Waals surface area (Å²) in [5, 5.41) is 0. The molecule has 21 heavy (non-hydrogen) atoms. The number of fused-ring (bicyclic) bond motifs is 1. The molecular formula is C19H19NO. The molecule has 0 spiro atoms. The van der Waals surface area contributed by atoms with Crippen LogP contribution in [0.15, 0.2) is 54.1 Å². The number of carbonyl (C=O) groups is 1. The van der Waals surface area contributed by atoms with Crippen molar-refractivity contribution >= 4 is 17.5 Å². The van der Waals surface area contributed by atoms with Crippen molar-refractivity contribution in [3.8, 4) is 0 Å². The Kier molecular flexibility index (Phi) is 3.17. The zero-order valence-electron chi connectivity index (χ0n) is 12.4. The van der Waals surface area contributed by atoms with Crippen LogP contribution in [0.2, 0.25) is 0 Å². The minimum atomic E-state index is -0.482. The van der Waals surface area contributed by atoms with Gasteiger partial charge < -0.3 is 5.73 Å². The molecule has 0 fully saturated rings. The molecule has 0 aromatic heterocycles. The van der Waals surface area contributed by atoms with E-state index in [4.69, 9.17) is 5.73 Å². The van der Waals surface area contributed by atoms with Crippen LogP contribution in [-0.4, -0.2) is 5.78 Å². The summed E-state index contributed by atoms with van der Waals surface area (Å²) >= 11 is 0. The Hall–Kier alpha value is -2.35. The third-order valence-corrected chi connectivity index (χ3v) is 4.26. The van der Waals surface area contributed by atoms with Crippen LogP contribution in [0.4, 0.5) is 5.69 Å². The van der Waals surface area contributed by atoms with Crippen molar-refractivity contribution in [2.75, 3.05) is 5.73 Å². The molecular weight excluding hydrogens is 258 g/mol. The Morgan fingerprint density at radius 1 is 1.05 bits per heavy atom. The number of hydrogen-bond donors (Lipinski definition) is 1. The Bertz CT molecular complexity index is 741. The Morgan fingerprint density at radius 3 is 2.48 bits per heavy atom. The van der Waals surface area contributed by atoms with E-state index in [1.165, 1.54) is 5.56 Å². The molecule has 0 saturated carbocycles. The van der Waals surface area contributed by atoms with Crippen LogP contribution in [0.25, 0.3) is 6.08 Å². The molecule has 0 aliphatic heterocycles. The highest BCUT2D eigenvalue weighted by molar-refractivity contribution is 6.08. The molecule has 2 heteroatoms. The van der Waals surface area contributed by atoms with Gasteiger partial charge in [-0.3, -0.25) is 4.79 Å². The summed E-state index contributed by atoms with van der Waals surface area (Å²) in [5.74, 6) is 0.185. The molecule has 1 aliphatic rings. The number of benzene rings is 2. The lowest BCUT2D eigenvalue weighted by molar-refractivity contribution is -0.120. The monoisotopic (exact) mass is 277 g/mol. The van der Waals surface area contributed by atoms with Crippen LogP contribution < -0.4 is 5.73 Å². The van der Waals surface area contributed by atoms with Gasteiger partial charge in [0.05, 0.1) is 5.41 Å². The molecule has 0 bridgehead atoms. The van der Waals surface area contributed by atoms with Gasteiger partial charge in [0.1, 0.15) is 0 Å².